The van der Waals surface area contributed by atoms with E-state index >= 15 is 0 Å². The van der Waals surface area contributed by atoms with Crippen LogP contribution in [0.5, 0.6) is 0 Å². The van der Waals surface area contributed by atoms with Gasteiger partial charge in [-0.1, -0.05) is 13.3 Å². The Labute approximate surface area is 140 Å². The van der Waals surface area contributed by atoms with E-state index in [9.17, 15) is 9.59 Å². The summed E-state index contributed by atoms with van der Waals surface area (Å²) in [4.78, 5) is 22.8. The summed E-state index contributed by atoms with van der Waals surface area (Å²) in [7, 11) is 0. The van der Waals surface area contributed by atoms with E-state index in [1.54, 1.807) is 0 Å². The SMILES string of the molecule is CCCC(CC(=O)O)NC(=O)Nc1c(Br)cc(C)cc1Br. The Balaban J connectivity index is 2.74. The lowest BCUT2D eigenvalue weighted by Crippen LogP contribution is -2.39. The van der Waals surface area contributed by atoms with Crippen LogP contribution >= 0.6 is 31.9 Å². The van der Waals surface area contributed by atoms with Crippen molar-refractivity contribution in [1.82, 2.24) is 5.32 Å². The summed E-state index contributed by atoms with van der Waals surface area (Å²) in [5, 5.41) is 14.3. The first-order valence-electron chi connectivity index (χ1n) is 6.58. The van der Waals surface area contributed by atoms with Crippen LogP contribution in [0.3, 0.4) is 0 Å². The van der Waals surface area contributed by atoms with Crippen molar-refractivity contribution in [2.24, 2.45) is 0 Å². The van der Waals surface area contributed by atoms with Crippen molar-refractivity contribution in [1.29, 1.82) is 0 Å². The molecule has 0 saturated heterocycles. The summed E-state index contributed by atoms with van der Waals surface area (Å²) in [6.07, 6.45) is 1.34. The highest BCUT2D eigenvalue weighted by atomic mass is 79.9. The molecule has 5 nitrogen and oxygen atoms in total. The number of amides is 2. The van der Waals surface area contributed by atoms with E-state index in [-0.39, 0.29) is 12.5 Å². The lowest BCUT2D eigenvalue weighted by molar-refractivity contribution is -0.137. The number of urea groups is 1. The van der Waals surface area contributed by atoms with Gasteiger partial charge < -0.3 is 15.7 Å². The predicted molar refractivity (Wildman–Crippen MR) is 89.7 cm³/mol. The van der Waals surface area contributed by atoms with Gasteiger partial charge in [0.25, 0.3) is 0 Å². The van der Waals surface area contributed by atoms with Gasteiger partial charge in [-0.3, -0.25) is 4.79 Å². The number of aryl methyl sites for hydroxylation is 1. The minimum atomic E-state index is -0.925. The Morgan fingerprint density at radius 2 is 1.86 bits per heavy atom. The average Bonchev–Trinajstić information content (AvgIpc) is 2.33. The van der Waals surface area contributed by atoms with Crippen LogP contribution in [0.15, 0.2) is 21.1 Å². The van der Waals surface area contributed by atoms with Gasteiger partial charge in [-0.15, -0.1) is 0 Å². The van der Waals surface area contributed by atoms with Gasteiger partial charge in [-0.05, 0) is 62.9 Å². The van der Waals surface area contributed by atoms with Crippen LogP contribution in [0.4, 0.5) is 10.5 Å². The van der Waals surface area contributed by atoms with Gasteiger partial charge >= 0.3 is 12.0 Å². The summed E-state index contributed by atoms with van der Waals surface area (Å²) in [6.45, 7) is 3.89. The number of hydrogen-bond acceptors (Lipinski definition) is 2. The zero-order valence-electron chi connectivity index (χ0n) is 11.9. The Kier molecular flexibility index (Phi) is 7.17. The molecule has 0 aliphatic rings. The Morgan fingerprint density at radius 3 is 2.33 bits per heavy atom. The molecule has 0 aliphatic carbocycles. The number of halogens is 2. The number of hydrogen-bond donors (Lipinski definition) is 3. The second kappa shape index (κ2) is 8.38. The van der Waals surface area contributed by atoms with Gasteiger partial charge in [0.2, 0.25) is 0 Å². The lowest BCUT2D eigenvalue weighted by Gasteiger charge is -2.18. The molecule has 3 N–H and O–H groups in total. The molecule has 0 saturated carbocycles. The van der Waals surface area contributed by atoms with Crippen molar-refractivity contribution in [2.45, 2.75) is 39.2 Å². The van der Waals surface area contributed by atoms with Gasteiger partial charge in [0.1, 0.15) is 0 Å². The number of carboxylic acids is 1. The van der Waals surface area contributed by atoms with Crippen molar-refractivity contribution in [2.75, 3.05) is 5.32 Å². The van der Waals surface area contributed by atoms with Crippen molar-refractivity contribution in [3.63, 3.8) is 0 Å². The molecule has 0 aliphatic heterocycles. The molecule has 0 fully saturated rings. The van der Waals surface area contributed by atoms with E-state index in [1.807, 2.05) is 26.0 Å². The van der Waals surface area contributed by atoms with Crippen molar-refractivity contribution in [3.8, 4) is 0 Å². The standard InChI is InChI=1S/C14H18Br2N2O3/c1-3-4-9(7-12(19)20)17-14(21)18-13-10(15)5-8(2)6-11(13)16/h5-6,9H,3-4,7H2,1-2H3,(H,19,20)(H2,17,18,21). The number of carbonyl (C=O) groups is 2. The van der Waals surface area contributed by atoms with Gasteiger partial charge in [-0.25, -0.2) is 4.79 Å². The largest absolute Gasteiger partial charge is 0.481 e. The maximum atomic E-state index is 12.0. The number of carbonyl (C=O) groups excluding carboxylic acids is 1. The van der Waals surface area contributed by atoms with Gasteiger partial charge in [0.05, 0.1) is 12.1 Å². The summed E-state index contributed by atoms with van der Waals surface area (Å²) in [5.74, 6) is -0.925. The molecule has 1 aromatic rings. The third-order valence-electron chi connectivity index (χ3n) is 2.82. The highest BCUT2D eigenvalue weighted by Gasteiger charge is 2.16. The summed E-state index contributed by atoms with van der Waals surface area (Å²) in [6, 6.07) is 2.98. The van der Waals surface area contributed by atoms with Crippen LogP contribution in [-0.4, -0.2) is 23.1 Å². The predicted octanol–water partition coefficient (Wildman–Crippen LogP) is 4.28. The minimum Gasteiger partial charge on any atom is -0.481 e. The number of carboxylic acid groups (broad SMARTS) is 1. The van der Waals surface area contributed by atoms with E-state index < -0.39 is 12.0 Å². The zero-order valence-corrected chi connectivity index (χ0v) is 15.0. The quantitative estimate of drug-likeness (QED) is 0.641. The van der Waals surface area contributed by atoms with E-state index in [4.69, 9.17) is 5.11 Å². The first-order valence-corrected chi connectivity index (χ1v) is 8.17. The molecule has 1 atom stereocenters. The third kappa shape index (κ3) is 6.05. The fourth-order valence-electron chi connectivity index (χ4n) is 1.94. The molecule has 21 heavy (non-hydrogen) atoms. The summed E-state index contributed by atoms with van der Waals surface area (Å²) in [5.41, 5.74) is 1.66. The summed E-state index contributed by atoms with van der Waals surface area (Å²) < 4.78 is 1.52. The van der Waals surface area contributed by atoms with Gasteiger partial charge in [-0.2, -0.15) is 0 Å². The maximum absolute atomic E-state index is 12.0. The Morgan fingerprint density at radius 1 is 1.29 bits per heavy atom. The molecule has 0 bridgehead atoms. The second-order valence-electron chi connectivity index (χ2n) is 4.79. The second-order valence-corrected chi connectivity index (χ2v) is 6.49. The molecule has 0 radical (unpaired) electrons. The monoisotopic (exact) mass is 420 g/mol. The van der Waals surface area contributed by atoms with Crippen LogP contribution in [0.25, 0.3) is 0 Å². The van der Waals surface area contributed by atoms with Crippen LogP contribution in [0, 0.1) is 6.92 Å². The molecule has 7 heteroatoms. The normalized spacial score (nSPS) is 11.8. The Hall–Kier alpha value is -1.08. The molecule has 0 heterocycles. The topological polar surface area (TPSA) is 78.4 Å². The molecule has 1 rings (SSSR count). The number of aliphatic carboxylic acids is 1. The molecule has 116 valence electrons. The van der Waals surface area contributed by atoms with Gasteiger partial charge in [0, 0.05) is 15.0 Å². The van der Waals surface area contributed by atoms with E-state index in [0.29, 0.717) is 12.1 Å². The highest BCUT2D eigenvalue weighted by molar-refractivity contribution is 9.11. The van der Waals surface area contributed by atoms with Crippen molar-refractivity contribution >= 4 is 49.5 Å². The fraction of sp³-hybridized carbons (Fsp3) is 0.429. The smallest absolute Gasteiger partial charge is 0.319 e. The molecular weight excluding hydrogens is 404 g/mol. The molecule has 0 spiro atoms. The zero-order chi connectivity index (χ0) is 16.0. The van der Waals surface area contributed by atoms with Crippen LogP contribution < -0.4 is 10.6 Å². The lowest BCUT2D eigenvalue weighted by atomic mass is 10.1. The van der Waals surface area contributed by atoms with E-state index in [1.165, 1.54) is 0 Å². The minimum absolute atomic E-state index is 0.0858. The molecule has 0 aromatic heterocycles. The maximum Gasteiger partial charge on any atom is 0.319 e. The van der Waals surface area contributed by atoms with E-state index in [2.05, 4.69) is 42.5 Å². The highest BCUT2D eigenvalue weighted by Crippen LogP contribution is 2.32. The molecule has 1 aromatic carbocycles. The molecule has 1 unspecified atom stereocenters. The van der Waals surface area contributed by atoms with Crippen molar-refractivity contribution < 1.29 is 14.7 Å². The number of benzene rings is 1. The van der Waals surface area contributed by atoms with Crippen LogP contribution in [-0.2, 0) is 4.79 Å². The summed E-state index contributed by atoms with van der Waals surface area (Å²) >= 11 is 6.79. The average molecular weight is 422 g/mol. The molecular formula is C14H18Br2N2O3. The van der Waals surface area contributed by atoms with Crippen LogP contribution in [0.2, 0.25) is 0 Å². The Bertz CT molecular complexity index is 512. The van der Waals surface area contributed by atoms with E-state index in [0.717, 1.165) is 20.9 Å². The first kappa shape index (κ1) is 18.0. The molecule has 2 amide bonds. The number of rotatable bonds is 6. The fourth-order valence-corrected chi connectivity index (χ4v) is 3.55. The van der Waals surface area contributed by atoms with Crippen molar-refractivity contribution in [3.05, 3.63) is 26.6 Å². The van der Waals surface area contributed by atoms with Crippen LogP contribution in [0.1, 0.15) is 31.7 Å². The third-order valence-corrected chi connectivity index (χ3v) is 4.07. The number of anilines is 1. The van der Waals surface area contributed by atoms with Gasteiger partial charge in [0.15, 0.2) is 0 Å². The first-order chi connectivity index (χ1) is 9.83. The number of nitrogens with one attached hydrogen (secondary N) is 2.